The minimum atomic E-state index is -0.382. The van der Waals surface area contributed by atoms with Crippen molar-refractivity contribution < 1.29 is 9.59 Å². The third-order valence-electron chi connectivity index (χ3n) is 4.84. The number of hydrogen-bond donors (Lipinski definition) is 0. The number of nitrogens with zero attached hydrogens (tertiary/aromatic N) is 5. The van der Waals surface area contributed by atoms with Crippen molar-refractivity contribution in [1.29, 1.82) is 0 Å². The molecule has 1 fully saturated rings. The Balaban J connectivity index is 1.93. The van der Waals surface area contributed by atoms with E-state index in [2.05, 4.69) is 10.1 Å². The summed E-state index contributed by atoms with van der Waals surface area (Å²) < 4.78 is 1.76. The summed E-state index contributed by atoms with van der Waals surface area (Å²) in [4.78, 5) is 32.9. The minimum absolute atomic E-state index is 0.113. The second kappa shape index (κ2) is 6.70. The van der Waals surface area contributed by atoms with Gasteiger partial charge in [-0.05, 0) is 18.9 Å². The van der Waals surface area contributed by atoms with Crippen molar-refractivity contribution in [1.82, 2.24) is 24.4 Å². The van der Waals surface area contributed by atoms with Crippen molar-refractivity contribution >= 4 is 17.5 Å². The van der Waals surface area contributed by atoms with Crippen LogP contribution in [-0.4, -0.2) is 63.4 Å². The molecule has 2 amide bonds. The van der Waals surface area contributed by atoms with Crippen LogP contribution in [0.1, 0.15) is 55.6 Å². The number of carbonyl (C=O) groups is 2. The third kappa shape index (κ3) is 3.30. The van der Waals surface area contributed by atoms with Gasteiger partial charge < -0.3 is 9.80 Å². The lowest BCUT2D eigenvalue weighted by atomic mass is 9.90. The van der Waals surface area contributed by atoms with Crippen molar-refractivity contribution in [3.63, 3.8) is 0 Å². The van der Waals surface area contributed by atoms with Crippen LogP contribution in [-0.2, 0) is 4.79 Å². The van der Waals surface area contributed by atoms with E-state index >= 15 is 0 Å². The van der Waals surface area contributed by atoms with Crippen molar-refractivity contribution in [2.24, 2.45) is 5.41 Å². The van der Waals surface area contributed by atoms with Gasteiger partial charge in [0.25, 0.3) is 5.91 Å². The van der Waals surface area contributed by atoms with Crippen molar-refractivity contribution in [2.45, 2.75) is 39.5 Å². The maximum Gasteiger partial charge on any atom is 0.258 e. The second-order valence-corrected chi connectivity index (χ2v) is 8.20. The molecule has 0 saturated carbocycles. The number of carbonyl (C=O) groups excluding carboxylic acids is 2. The van der Waals surface area contributed by atoms with Crippen LogP contribution in [0.15, 0.2) is 18.5 Å². The number of hydrogen-bond acceptors (Lipinski definition) is 4. The van der Waals surface area contributed by atoms with Gasteiger partial charge in [0.15, 0.2) is 5.65 Å². The molecule has 1 atom stereocenters. The average Bonchev–Trinajstić information content (AvgIpc) is 3.03. The molecule has 7 nitrogen and oxygen atoms in total. The SMILES string of the molecule is CN(C)C(=O)c1cnn2c([C@H]3CCCN(C(=O)C(C)(C)C)C3)ccnc12. The molecule has 1 saturated heterocycles. The van der Waals surface area contributed by atoms with E-state index in [0.717, 1.165) is 25.1 Å². The standard InChI is InChI=1S/C19H27N5O2/c1-19(2,3)18(26)23-10-6-7-13(12-23)15-8-9-20-16-14(11-21-24(15)16)17(25)22(4)5/h8-9,11,13H,6-7,10,12H2,1-5H3/t13-/m0/s1. The molecule has 0 aliphatic carbocycles. The van der Waals surface area contributed by atoms with E-state index in [0.29, 0.717) is 17.8 Å². The summed E-state index contributed by atoms with van der Waals surface area (Å²) in [6.45, 7) is 7.33. The van der Waals surface area contributed by atoms with Crippen molar-refractivity contribution in [3.05, 3.63) is 29.7 Å². The topological polar surface area (TPSA) is 70.8 Å². The molecule has 3 heterocycles. The Morgan fingerprint density at radius 1 is 1.27 bits per heavy atom. The highest BCUT2D eigenvalue weighted by atomic mass is 16.2. The van der Waals surface area contributed by atoms with Crippen LogP contribution < -0.4 is 0 Å². The first kappa shape index (κ1) is 18.4. The fourth-order valence-corrected chi connectivity index (χ4v) is 3.49. The van der Waals surface area contributed by atoms with Crippen LogP contribution in [0.5, 0.6) is 0 Å². The van der Waals surface area contributed by atoms with Crippen LogP contribution in [0, 0.1) is 5.41 Å². The molecule has 0 radical (unpaired) electrons. The van der Waals surface area contributed by atoms with Crippen LogP contribution in [0.25, 0.3) is 5.65 Å². The maximum absolute atomic E-state index is 12.7. The zero-order valence-corrected chi connectivity index (χ0v) is 16.2. The predicted molar refractivity (Wildman–Crippen MR) is 99.0 cm³/mol. The van der Waals surface area contributed by atoms with E-state index in [4.69, 9.17) is 0 Å². The van der Waals surface area contributed by atoms with Crippen LogP contribution >= 0.6 is 0 Å². The first-order valence-corrected chi connectivity index (χ1v) is 9.04. The van der Waals surface area contributed by atoms with Gasteiger partial charge in [0.1, 0.15) is 5.56 Å². The van der Waals surface area contributed by atoms with Crippen LogP contribution in [0.3, 0.4) is 0 Å². The van der Waals surface area contributed by atoms with Crippen molar-refractivity contribution in [2.75, 3.05) is 27.2 Å². The molecule has 2 aromatic heterocycles. The maximum atomic E-state index is 12.7. The molecule has 1 aliphatic heterocycles. The monoisotopic (exact) mass is 357 g/mol. The van der Waals surface area contributed by atoms with Crippen LogP contribution in [0.2, 0.25) is 0 Å². The van der Waals surface area contributed by atoms with Gasteiger partial charge in [0.05, 0.1) is 11.9 Å². The first-order chi connectivity index (χ1) is 12.2. The molecule has 1 aliphatic rings. The van der Waals surface area contributed by atoms with Gasteiger partial charge >= 0.3 is 0 Å². The Morgan fingerprint density at radius 3 is 2.65 bits per heavy atom. The zero-order chi connectivity index (χ0) is 19.1. The molecule has 7 heteroatoms. The summed E-state index contributed by atoms with van der Waals surface area (Å²) in [5, 5.41) is 4.42. The van der Waals surface area contributed by atoms with Crippen molar-refractivity contribution in [3.8, 4) is 0 Å². The zero-order valence-electron chi connectivity index (χ0n) is 16.2. The lowest BCUT2D eigenvalue weighted by Gasteiger charge is -2.36. The number of aromatic nitrogens is 3. The van der Waals surface area contributed by atoms with Crippen LogP contribution in [0.4, 0.5) is 0 Å². The summed E-state index contributed by atoms with van der Waals surface area (Å²) in [7, 11) is 3.43. The van der Waals surface area contributed by atoms with Gasteiger partial charge in [-0.15, -0.1) is 0 Å². The van der Waals surface area contributed by atoms with Gasteiger partial charge in [-0.25, -0.2) is 9.50 Å². The summed E-state index contributed by atoms with van der Waals surface area (Å²) >= 11 is 0. The van der Waals surface area contributed by atoms with E-state index in [9.17, 15) is 9.59 Å². The van der Waals surface area contributed by atoms with Gasteiger partial charge in [-0.1, -0.05) is 20.8 Å². The normalized spacial score (nSPS) is 18.2. The van der Waals surface area contributed by atoms with E-state index < -0.39 is 0 Å². The van der Waals surface area contributed by atoms with Gasteiger partial charge in [-0.3, -0.25) is 9.59 Å². The molecule has 0 N–H and O–H groups in total. The Bertz CT molecular complexity index is 834. The third-order valence-corrected chi connectivity index (χ3v) is 4.84. The van der Waals surface area contributed by atoms with E-state index in [1.165, 1.54) is 4.90 Å². The fourth-order valence-electron chi connectivity index (χ4n) is 3.49. The lowest BCUT2D eigenvalue weighted by Crippen LogP contribution is -2.44. The van der Waals surface area contributed by atoms with Gasteiger partial charge in [-0.2, -0.15) is 5.10 Å². The second-order valence-electron chi connectivity index (χ2n) is 8.20. The number of amides is 2. The number of rotatable bonds is 2. The molecular formula is C19H27N5O2. The Kier molecular flexibility index (Phi) is 4.73. The molecule has 0 aromatic carbocycles. The number of fused-ring (bicyclic) bond motifs is 1. The van der Waals surface area contributed by atoms with E-state index in [1.54, 1.807) is 31.0 Å². The smallest absolute Gasteiger partial charge is 0.258 e. The highest BCUT2D eigenvalue weighted by Gasteiger charge is 2.32. The van der Waals surface area contributed by atoms with E-state index in [-0.39, 0.29) is 23.1 Å². The fraction of sp³-hybridized carbons (Fsp3) is 0.579. The van der Waals surface area contributed by atoms with Gasteiger partial charge in [0, 0.05) is 44.7 Å². The number of likely N-dealkylation sites (tertiary alicyclic amines) is 1. The summed E-state index contributed by atoms with van der Waals surface area (Å²) in [5.41, 5.74) is 1.68. The molecule has 0 spiro atoms. The highest BCUT2D eigenvalue weighted by molar-refractivity contribution is 5.99. The Morgan fingerprint density at radius 2 is 2.00 bits per heavy atom. The molecule has 0 unspecified atom stereocenters. The van der Waals surface area contributed by atoms with Gasteiger partial charge in [0.2, 0.25) is 5.91 Å². The lowest BCUT2D eigenvalue weighted by molar-refractivity contribution is -0.140. The largest absolute Gasteiger partial charge is 0.345 e. The molecular weight excluding hydrogens is 330 g/mol. The predicted octanol–water partition coefficient (Wildman–Crippen LogP) is 2.18. The molecule has 140 valence electrons. The number of piperidine rings is 1. The minimum Gasteiger partial charge on any atom is -0.345 e. The molecule has 2 aromatic rings. The Labute approximate surface area is 154 Å². The first-order valence-electron chi connectivity index (χ1n) is 9.04. The summed E-state index contributed by atoms with van der Waals surface area (Å²) in [6, 6.07) is 1.94. The highest BCUT2D eigenvalue weighted by Crippen LogP contribution is 2.30. The average molecular weight is 357 g/mol. The Hall–Kier alpha value is -2.44. The summed E-state index contributed by atoms with van der Waals surface area (Å²) in [6.07, 6.45) is 5.25. The quantitative estimate of drug-likeness (QED) is 0.826. The summed E-state index contributed by atoms with van der Waals surface area (Å²) in [5.74, 6) is 0.247. The van der Waals surface area contributed by atoms with E-state index in [1.807, 2.05) is 31.7 Å². The molecule has 0 bridgehead atoms. The molecule has 26 heavy (non-hydrogen) atoms. The molecule has 3 rings (SSSR count).